The standard InChI is InChI=1S/C100H52O20/c101-1-5-109-9-13-113-17-21-117-91(105)99(92(106)118-22-18-114-14-10-110-6-2-102)95-83-67-51-37-27-25-32-28-26-31(27)41(51)55-43-33(26)30-36-46-54-40(30)38(28)52-42(32)56-44-34(25)29-35-45-53(39(29)37)69(67)85(95)75-59(45)49-62-48(35)58(44)74-72(56)84-68(52)70(54)86-76-60(46)50-61-47(36)57(43)73(71(55)83)87-77(61)81-65-64(50)80(76)90-82(66(65)63(49)79(75)89(81)97(87,95)99)78(62)88(74)98(90)96(84,86)100(98,93(107)119-23-19-115-15-11-111-7-3-103)94(108)120-24-20-116-16-12-112-8-4-104/h101-104H,1-24H2. The van der Waals surface area contributed by atoms with Crippen LogP contribution in [0.15, 0.2) is 0 Å². The van der Waals surface area contributed by atoms with E-state index in [1.54, 1.807) is 0 Å². The molecule has 0 heterocycles. The van der Waals surface area contributed by atoms with Gasteiger partial charge in [-0.25, -0.2) is 0 Å². The van der Waals surface area contributed by atoms with Gasteiger partial charge < -0.3 is 77.3 Å². The molecule has 29 aromatic carbocycles. The van der Waals surface area contributed by atoms with Crippen LogP contribution >= 0.6 is 0 Å². The van der Waals surface area contributed by atoms with Crippen LogP contribution in [0.1, 0.15) is 44.5 Å². The summed E-state index contributed by atoms with van der Waals surface area (Å²) >= 11 is 0. The largest absolute Gasteiger partial charge is 0.462 e. The third-order valence-corrected chi connectivity index (χ3v) is 35.5. The second-order valence-electron chi connectivity index (χ2n) is 37.6. The molecule has 2 fully saturated rings. The van der Waals surface area contributed by atoms with Gasteiger partial charge in [-0.2, -0.15) is 0 Å². The first-order valence-corrected chi connectivity index (χ1v) is 42.9. The third kappa shape index (κ3) is 4.25. The van der Waals surface area contributed by atoms with Crippen molar-refractivity contribution in [3.8, 4) is 0 Å². The van der Waals surface area contributed by atoms with E-state index in [0.717, 1.165) is 152 Å². The van der Waals surface area contributed by atoms with Gasteiger partial charge in [0.1, 0.15) is 26.4 Å². The number of hydrogen-bond donors (Lipinski definition) is 4. The fourth-order valence-corrected chi connectivity index (χ4v) is 34.5. The zero-order valence-corrected chi connectivity index (χ0v) is 63.3. The summed E-state index contributed by atoms with van der Waals surface area (Å²) < 4.78 is 76.1. The summed E-state index contributed by atoms with van der Waals surface area (Å²) in [7, 11) is 0. The Labute approximate surface area is 664 Å². The van der Waals surface area contributed by atoms with Gasteiger partial charge in [0.15, 0.2) is 10.8 Å². The Hall–Kier alpha value is -11.2. The summed E-state index contributed by atoms with van der Waals surface area (Å²) in [5.41, 5.74) is -1.72. The Morgan fingerprint density at radius 3 is 0.367 bits per heavy atom. The Morgan fingerprint density at radius 1 is 0.150 bits per heavy atom. The molecular formula is C100H52O20. The molecule has 10 aliphatic rings. The molecule has 20 heteroatoms. The van der Waals surface area contributed by atoms with Gasteiger partial charge in [-0.3, -0.25) is 19.2 Å². The molecule has 4 N–H and O–H groups in total. The zero-order valence-electron chi connectivity index (χ0n) is 63.3. The number of carbonyl (C=O) groups excluding carboxylic acids is 4. The third-order valence-electron chi connectivity index (χ3n) is 35.5. The highest BCUT2D eigenvalue weighted by atomic mass is 16.6. The number of hydrogen-bond acceptors (Lipinski definition) is 20. The van der Waals surface area contributed by atoms with Crippen LogP contribution < -0.4 is 0 Å². The van der Waals surface area contributed by atoms with Crippen molar-refractivity contribution in [1.29, 1.82) is 0 Å². The van der Waals surface area contributed by atoms with Gasteiger partial charge in [0.2, 0.25) is 0 Å². The van der Waals surface area contributed by atoms with Gasteiger partial charge >= 0.3 is 23.9 Å². The van der Waals surface area contributed by atoms with E-state index in [4.69, 9.17) is 56.8 Å². The van der Waals surface area contributed by atoms with Crippen molar-refractivity contribution in [2.45, 2.75) is 21.7 Å². The second kappa shape index (κ2) is 16.8. The minimum Gasteiger partial charge on any atom is -0.462 e. The molecule has 2 saturated carbocycles. The highest BCUT2D eigenvalue weighted by Gasteiger charge is 3.04. The van der Waals surface area contributed by atoms with Gasteiger partial charge in [-0.1, -0.05) is 0 Å². The molecule has 0 aromatic heterocycles. The maximum atomic E-state index is 18.1. The zero-order chi connectivity index (χ0) is 76.9. The first-order valence-electron chi connectivity index (χ1n) is 42.9. The normalized spacial score (nSPS) is 22.1. The lowest BCUT2D eigenvalue weighted by molar-refractivity contribution is -0.170. The minimum atomic E-state index is -2.11. The van der Waals surface area contributed by atoms with Crippen LogP contribution in [-0.2, 0) is 97.7 Å². The smallest absolute Gasteiger partial charge is 0.326 e. The molecule has 0 saturated heterocycles. The van der Waals surface area contributed by atoms with Crippen LogP contribution in [-0.4, -0.2) is 203 Å². The number of esters is 4. The number of aliphatic hydroxyl groups excluding tert-OH is 4. The number of aliphatic hydroxyl groups is 4. The lowest BCUT2D eigenvalue weighted by Gasteiger charge is -2.33. The first-order chi connectivity index (χ1) is 59.4. The van der Waals surface area contributed by atoms with Crippen molar-refractivity contribution in [2.24, 2.45) is 10.8 Å². The van der Waals surface area contributed by atoms with Crippen LogP contribution in [0.25, 0.3) is 312 Å². The molecule has 10 aliphatic carbocycles. The predicted molar refractivity (Wildman–Crippen MR) is 454 cm³/mol. The molecule has 0 aliphatic heterocycles. The SMILES string of the molecule is O=C(OCCOCCOCCO)C1(C(=O)OCCOCCOCCO)C23c4c5c6c2c2c7c8c9c%10c(c%11c4c4c%12c%13c%14c%15c%16c%17c%18c%19c%20c%21c%22c(c%13c%13c4c%11c4c%10c%10c%11c9c9c7c7c2c2c6c(c%15c5%12)c%16c5c%18c6c%12c%19c%15c%21c%16c%22c%13c4c%10c%16c4c%15c%12c(c7c6c25)c9c%114)C%142C(C(=O)OCCOCCOCCO)(C(=O)OCCOCCOCCO)C%17%202)C813. The number of rotatable bonds is 36. The van der Waals surface area contributed by atoms with Crippen molar-refractivity contribution < 1.29 is 96.4 Å². The maximum absolute atomic E-state index is 18.1. The highest BCUT2D eigenvalue weighted by Crippen LogP contribution is 3.00. The lowest BCUT2D eigenvalue weighted by atomic mass is 9.67. The van der Waals surface area contributed by atoms with Gasteiger partial charge in [0.05, 0.1) is 154 Å². The van der Waals surface area contributed by atoms with E-state index in [1.165, 1.54) is 205 Å². The summed E-state index contributed by atoms with van der Waals surface area (Å²) in [5, 5.41) is 109. The molecule has 39 rings (SSSR count). The quantitative estimate of drug-likeness (QED) is 0.00710. The van der Waals surface area contributed by atoms with Crippen molar-refractivity contribution in [1.82, 2.24) is 0 Å². The summed E-state index contributed by atoms with van der Waals surface area (Å²) in [6.07, 6.45) is 0. The van der Waals surface area contributed by atoms with Crippen molar-refractivity contribution in [3.05, 3.63) is 44.5 Å². The van der Waals surface area contributed by atoms with Gasteiger partial charge in [-0.15, -0.1) is 0 Å². The molecule has 0 bridgehead atoms. The van der Waals surface area contributed by atoms with Crippen LogP contribution in [0.3, 0.4) is 0 Å². The fourth-order valence-electron chi connectivity index (χ4n) is 34.5. The van der Waals surface area contributed by atoms with E-state index >= 15 is 19.2 Å². The fraction of sp³-hybridized carbons (Fsp3) is 0.300. The lowest BCUT2D eigenvalue weighted by Crippen LogP contribution is -2.39. The number of benzene rings is 21. The van der Waals surface area contributed by atoms with Crippen molar-refractivity contribution >= 4 is 336 Å². The molecule has 4 unspecified atom stereocenters. The van der Waals surface area contributed by atoms with E-state index < -0.39 is 56.4 Å². The molecule has 572 valence electrons. The summed E-state index contributed by atoms with van der Waals surface area (Å²) in [6, 6.07) is 0. The molecule has 20 nitrogen and oxygen atoms in total. The van der Waals surface area contributed by atoms with E-state index in [-0.39, 0.29) is 159 Å². The molecule has 0 radical (unpaired) electrons. The highest BCUT2D eigenvalue weighted by molar-refractivity contribution is 6.81. The molecule has 120 heavy (non-hydrogen) atoms. The van der Waals surface area contributed by atoms with Crippen LogP contribution in [0, 0.1) is 10.8 Å². The molecule has 4 spiro atoms. The Kier molecular flexibility index (Phi) is 8.32. The topological polar surface area (TPSA) is 260 Å². The van der Waals surface area contributed by atoms with Crippen molar-refractivity contribution in [2.75, 3.05) is 159 Å². The number of ether oxygens (including phenoxy) is 12. The summed E-state index contributed by atoms with van der Waals surface area (Å²) in [5.74, 6) is -2.58. The van der Waals surface area contributed by atoms with Gasteiger partial charge in [0, 0.05) is 0 Å². The van der Waals surface area contributed by atoms with Crippen LogP contribution in [0.5, 0.6) is 0 Å². The average molecular weight is 1570 g/mol. The molecule has 4 atom stereocenters. The van der Waals surface area contributed by atoms with Crippen LogP contribution in [0.4, 0.5) is 0 Å². The number of carbonyl (C=O) groups is 4. The van der Waals surface area contributed by atoms with E-state index in [1.807, 2.05) is 0 Å². The summed E-state index contributed by atoms with van der Waals surface area (Å²) in [4.78, 5) is 72.5. The predicted octanol–water partition coefficient (Wildman–Crippen LogP) is 14.1. The monoisotopic (exact) mass is 1570 g/mol. The molecule has 29 aromatic rings. The maximum Gasteiger partial charge on any atom is 0.326 e. The molecular weight excluding hydrogens is 1520 g/mol. The Balaban J connectivity index is 0.753. The Morgan fingerprint density at radius 2 is 0.250 bits per heavy atom. The minimum absolute atomic E-state index is 0.0172. The Bertz CT molecular complexity index is 9320. The van der Waals surface area contributed by atoms with Crippen molar-refractivity contribution in [3.63, 3.8) is 0 Å². The van der Waals surface area contributed by atoms with E-state index in [9.17, 15) is 20.4 Å². The van der Waals surface area contributed by atoms with Gasteiger partial charge in [0.25, 0.3) is 0 Å². The second-order valence-corrected chi connectivity index (χ2v) is 37.6. The van der Waals surface area contributed by atoms with Crippen LogP contribution in [0.2, 0.25) is 0 Å². The summed E-state index contributed by atoms with van der Waals surface area (Å²) in [6.45, 7) is 1.18. The van der Waals surface area contributed by atoms with Gasteiger partial charge in [-0.05, 0) is 357 Å². The average Bonchev–Trinajstić information content (AvgIpc) is 1.35. The first kappa shape index (κ1) is 59.5. The molecule has 0 amide bonds. The van der Waals surface area contributed by atoms with E-state index in [2.05, 4.69) is 0 Å². The van der Waals surface area contributed by atoms with E-state index in [0.29, 0.717) is 0 Å².